The number of aromatic nitrogens is 1. The van der Waals surface area contributed by atoms with Gasteiger partial charge in [0.2, 0.25) is 5.91 Å². The van der Waals surface area contributed by atoms with Crippen LogP contribution >= 0.6 is 0 Å². The Kier molecular flexibility index (Phi) is 9.16. The second kappa shape index (κ2) is 13.2. The molecule has 4 aromatic rings. The van der Waals surface area contributed by atoms with Crippen LogP contribution in [0.4, 0.5) is 35.0 Å². The number of pyridine rings is 1. The van der Waals surface area contributed by atoms with Crippen LogP contribution in [0.3, 0.4) is 0 Å². The molecule has 3 N–H and O–H groups in total. The molecule has 1 aromatic heterocycles. The maximum atomic E-state index is 14.1. The number of rotatable bonds is 8. The zero-order valence-corrected chi connectivity index (χ0v) is 24.8. The Morgan fingerprint density at radius 3 is 2.24 bits per heavy atom. The molecule has 0 unspecified atom stereocenters. The van der Waals surface area contributed by atoms with Crippen LogP contribution in [0.1, 0.15) is 25.3 Å². The third kappa shape index (κ3) is 7.48. The van der Waals surface area contributed by atoms with Crippen molar-refractivity contribution < 1.29 is 37.0 Å². The summed E-state index contributed by atoms with van der Waals surface area (Å²) in [6.45, 7) is 2.13. The van der Waals surface area contributed by atoms with Gasteiger partial charge in [-0.1, -0.05) is 6.07 Å². The van der Waals surface area contributed by atoms with Gasteiger partial charge in [0, 0.05) is 66.8 Å². The number of anilines is 3. The van der Waals surface area contributed by atoms with Gasteiger partial charge in [0.15, 0.2) is 11.5 Å². The number of hydrogen-bond donors (Lipinski definition) is 3. The first-order chi connectivity index (χ1) is 21.5. The lowest BCUT2D eigenvalue weighted by molar-refractivity contribution is -0.137. The summed E-state index contributed by atoms with van der Waals surface area (Å²) in [6.07, 6.45) is -1.99. The Hall–Kier alpha value is -5.20. The first kappa shape index (κ1) is 31.2. The van der Waals surface area contributed by atoms with Crippen molar-refractivity contribution in [1.29, 1.82) is 0 Å². The lowest BCUT2D eigenvalue weighted by atomic mass is 10.0. The number of urea groups is 1. The molecule has 3 amide bonds. The fraction of sp³-hybridized carbons (Fsp3) is 0.281. The van der Waals surface area contributed by atoms with Crippen LogP contribution in [0.2, 0.25) is 0 Å². The maximum Gasteiger partial charge on any atom is 0.418 e. The highest BCUT2D eigenvalue weighted by atomic mass is 19.4. The highest BCUT2D eigenvalue weighted by molar-refractivity contribution is 6.00. The number of nitrogens with one attached hydrogen (secondary N) is 3. The normalized spacial score (nSPS) is 13.7. The number of carbonyl (C=O) groups is 2. The van der Waals surface area contributed by atoms with Gasteiger partial charge >= 0.3 is 12.2 Å². The fourth-order valence-electron chi connectivity index (χ4n) is 5.26. The van der Waals surface area contributed by atoms with Gasteiger partial charge in [0.1, 0.15) is 11.5 Å². The Morgan fingerprint density at radius 2 is 1.58 bits per heavy atom. The number of hydrogen-bond acceptors (Lipinski definition) is 7. The average Bonchev–Trinajstić information content (AvgIpc) is 3.00. The zero-order valence-electron chi connectivity index (χ0n) is 24.8. The minimum absolute atomic E-state index is 0.0169. The van der Waals surface area contributed by atoms with Crippen LogP contribution in [-0.2, 0) is 11.0 Å². The number of benzene rings is 3. The quantitative estimate of drug-likeness (QED) is 0.198. The van der Waals surface area contributed by atoms with E-state index in [-0.39, 0.29) is 23.3 Å². The van der Waals surface area contributed by atoms with Crippen molar-refractivity contribution in [2.24, 2.45) is 0 Å². The van der Waals surface area contributed by atoms with E-state index in [4.69, 9.17) is 14.2 Å². The number of fused-ring (bicyclic) bond motifs is 1. The lowest BCUT2D eigenvalue weighted by Crippen LogP contribution is -2.44. The molecule has 0 radical (unpaired) electrons. The summed E-state index contributed by atoms with van der Waals surface area (Å²) in [5.41, 5.74) is 0.137. The smallest absolute Gasteiger partial charge is 0.418 e. The lowest BCUT2D eigenvalue weighted by Gasteiger charge is -2.35. The topological polar surface area (TPSA) is 114 Å². The largest absolute Gasteiger partial charge is 0.493 e. The summed E-state index contributed by atoms with van der Waals surface area (Å²) in [7, 11) is 3.06. The minimum atomic E-state index is -4.64. The number of alkyl halides is 3. The highest BCUT2D eigenvalue weighted by Crippen LogP contribution is 2.40. The first-order valence-corrected chi connectivity index (χ1v) is 14.1. The van der Waals surface area contributed by atoms with Crippen molar-refractivity contribution in [2.45, 2.75) is 32.0 Å². The molecule has 0 spiro atoms. The van der Waals surface area contributed by atoms with Crippen molar-refractivity contribution >= 4 is 39.9 Å². The van der Waals surface area contributed by atoms with E-state index < -0.39 is 17.8 Å². The Balaban J connectivity index is 1.28. The van der Waals surface area contributed by atoms with E-state index in [1.54, 1.807) is 53.6 Å². The predicted molar refractivity (Wildman–Crippen MR) is 165 cm³/mol. The molecule has 45 heavy (non-hydrogen) atoms. The van der Waals surface area contributed by atoms with Gasteiger partial charge in [-0.25, -0.2) is 4.79 Å². The third-order valence-electron chi connectivity index (χ3n) is 7.33. The minimum Gasteiger partial charge on any atom is -0.493 e. The molecule has 236 valence electrons. The Labute approximate surface area is 257 Å². The van der Waals surface area contributed by atoms with Gasteiger partial charge in [-0.05, 0) is 55.3 Å². The van der Waals surface area contributed by atoms with E-state index in [0.717, 1.165) is 6.07 Å². The van der Waals surface area contributed by atoms with Crippen molar-refractivity contribution in [3.8, 4) is 23.0 Å². The fourth-order valence-corrected chi connectivity index (χ4v) is 5.26. The van der Waals surface area contributed by atoms with E-state index in [1.165, 1.54) is 33.3 Å². The molecule has 5 rings (SSSR count). The summed E-state index contributed by atoms with van der Waals surface area (Å²) in [4.78, 5) is 30.1. The maximum absolute atomic E-state index is 14.1. The molecule has 2 heterocycles. The molecule has 1 fully saturated rings. The molecule has 1 aliphatic rings. The molecule has 3 aromatic carbocycles. The second-order valence-electron chi connectivity index (χ2n) is 10.4. The number of amides is 3. The molecule has 0 saturated carbocycles. The van der Waals surface area contributed by atoms with Crippen molar-refractivity contribution in [2.75, 3.05) is 42.8 Å². The van der Waals surface area contributed by atoms with E-state index in [2.05, 4.69) is 20.9 Å². The Bertz CT molecular complexity index is 1710. The zero-order chi connectivity index (χ0) is 32.1. The summed E-state index contributed by atoms with van der Waals surface area (Å²) >= 11 is 0. The summed E-state index contributed by atoms with van der Waals surface area (Å²) < 4.78 is 59.1. The number of nitrogens with zero attached hydrogens (tertiary/aromatic N) is 2. The number of halogens is 3. The number of methoxy groups -OCH3 is 2. The van der Waals surface area contributed by atoms with Gasteiger partial charge in [-0.3, -0.25) is 9.78 Å². The van der Waals surface area contributed by atoms with E-state index >= 15 is 0 Å². The van der Waals surface area contributed by atoms with Gasteiger partial charge in [-0.2, -0.15) is 13.2 Å². The van der Waals surface area contributed by atoms with Crippen molar-refractivity contribution in [3.63, 3.8) is 0 Å². The van der Waals surface area contributed by atoms with Crippen LogP contribution in [0.25, 0.3) is 10.9 Å². The summed E-state index contributed by atoms with van der Waals surface area (Å²) in [5, 5.41) is 8.62. The van der Waals surface area contributed by atoms with Crippen molar-refractivity contribution in [1.82, 2.24) is 10.3 Å². The molecular formula is C32H32F3N5O5. The van der Waals surface area contributed by atoms with Gasteiger partial charge in [0.25, 0.3) is 0 Å². The number of carbonyl (C=O) groups excluding carboxylic acids is 2. The van der Waals surface area contributed by atoms with Crippen LogP contribution in [-0.4, -0.2) is 50.3 Å². The molecule has 0 bridgehead atoms. The van der Waals surface area contributed by atoms with Gasteiger partial charge < -0.3 is 35.1 Å². The van der Waals surface area contributed by atoms with Gasteiger partial charge in [-0.15, -0.1) is 0 Å². The van der Waals surface area contributed by atoms with Crippen LogP contribution < -0.4 is 35.1 Å². The van der Waals surface area contributed by atoms with E-state index in [0.29, 0.717) is 65.5 Å². The van der Waals surface area contributed by atoms with Crippen LogP contribution in [0.15, 0.2) is 66.9 Å². The number of ether oxygens (including phenoxy) is 3. The molecular weight excluding hydrogens is 591 g/mol. The molecule has 0 atom stereocenters. The van der Waals surface area contributed by atoms with Crippen LogP contribution in [0.5, 0.6) is 23.0 Å². The Morgan fingerprint density at radius 1 is 0.889 bits per heavy atom. The first-order valence-electron chi connectivity index (χ1n) is 14.1. The standard InChI is InChI=1S/C32H32F3N5O5/c1-19(41)37-20-10-13-40(14-11-20)27-8-7-22(16-25(27)32(33,34)35)39-31(42)38-21-5-4-6-23(15-21)45-28-9-12-36-26-18-30(44-3)29(43-2)17-24(26)28/h4-9,12,15-18,20H,10-11,13-14H2,1-3H3,(H,37,41)(H2,38,39,42). The number of piperidine rings is 1. The van der Waals surface area contributed by atoms with Crippen molar-refractivity contribution in [3.05, 3.63) is 72.4 Å². The van der Waals surface area contributed by atoms with Crippen LogP contribution in [0, 0.1) is 0 Å². The van der Waals surface area contributed by atoms with E-state index in [9.17, 15) is 22.8 Å². The predicted octanol–water partition coefficient (Wildman–Crippen LogP) is 6.81. The van der Waals surface area contributed by atoms with Gasteiger partial charge in [0.05, 0.1) is 25.3 Å². The molecule has 13 heteroatoms. The average molecular weight is 624 g/mol. The van der Waals surface area contributed by atoms with E-state index in [1.807, 2.05) is 0 Å². The summed E-state index contributed by atoms with van der Waals surface area (Å²) in [6, 6.07) is 14.7. The third-order valence-corrected chi connectivity index (χ3v) is 7.33. The SMILES string of the molecule is COc1cc2nccc(Oc3cccc(NC(=O)Nc4ccc(N5CCC(NC(C)=O)CC5)c(C(F)(F)F)c4)c3)c2cc1OC. The second-order valence-corrected chi connectivity index (χ2v) is 10.4. The molecule has 1 saturated heterocycles. The molecule has 10 nitrogen and oxygen atoms in total. The molecule has 0 aliphatic carbocycles. The molecule has 1 aliphatic heterocycles. The highest BCUT2D eigenvalue weighted by Gasteiger charge is 2.36. The summed E-state index contributed by atoms with van der Waals surface area (Å²) in [5.74, 6) is 1.75. The monoisotopic (exact) mass is 623 g/mol.